The summed E-state index contributed by atoms with van der Waals surface area (Å²) in [6, 6.07) is 9.63. The van der Waals surface area contributed by atoms with Gasteiger partial charge in [0.25, 0.3) is 0 Å². The highest BCUT2D eigenvalue weighted by Crippen LogP contribution is 2.20. The second-order valence-electron chi connectivity index (χ2n) is 3.72. The SMILES string of the molecule is COc1cccc(CC(O)c2cc[nH]c2)c1. The van der Waals surface area contributed by atoms with Crippen LogP contribution in [0.4, 0.5) is 0 Å². The van der Waals surface area contributed by atoms with Crippen molar-refractivity contribution in [3.05, 3.63) is 53.9 Å². The molecule has 0 saturated heterocycles. The van der Waals surface area contributed by atoms with E-state index in [2.05, 4.69) is 4.98 Å². The molecule has 2 aromatic rings. The monoisotopic (exact) mass is 217 g/mol. The van der Waals surface area contributed by atoms with Gasteiger partial charge in [-0.1, -0.05) is 12.1 Å². The van der Waals surface area contributed by atoms with Crippen LogP contribution in [0, 0.1) is 0 Å². The summed E-state index contributed by atoms with van der Waals surface area (Å²) in [5, 5.41) is 9.97. The molecule has 0 fully saturated rings. The zero-order valence-corrected chi connectivity index (χ0v) is 9.18. The fraction of sp³-hybridized carbons (Fsp3) is 0.231. The first-order chi connectivity index (χ1) is 7.79. The van der Waals surface area contributed by atoms with Crippen LogP contribution in [-0.4, -0.2) is 17.2 Å². The number of aliphatic hydroxyl groups is 1. The summed E-state index contributed by atoms with van der Waals surface area (Å²) < 4.78 is 5.14. The number of aromatic amines is 1. The molecule has 16 heavy (non-hydrogen) atoms. The quantitative estimate of drug-likeness (QED) is 0.825. The van der Waals surface area contributed by atoms with E-state index in [0.29, 0.717) is 6.42 Å². The molecular formula is C13H15NO2. The molecular weight excluding hydrogens is 202 g/mol. The minimum atomic E-state index is -0.474. The van der Waals surface area contributed by atoms with Crippen LogP contribution in [0.25, 0.3) is 0 Å². The van der Waals surface area contributed by atoms with Crippen molar-refractivity contribution in [1.29, 1.82) is 0 Å². The Hall–Kier alpha value is -1.74. The van der Waals surface area contributed by atoms with Crippen molar-refractivity contribution in [2.45, 2.75) is 12.5 Å². The summed E-state index contributed by atoms with van der Waals surface area (Å²) in [6.45, 7) is 0. The van der Waals surface area contributed by atoms with Gasteiger partial charge in [0.15, 0.2) is 0 Å². The normalized spacial score (nSPS) is 12.4. The van der Waals surface area contributed by atoms with Gasteiger partial charge in [-0.05, 0) is 29.3 Å². The molecule has 3 nitrogen and oxygen atoms in total. The molecule has 1 aromatic carbocycles. The molecule has 0 aliphatic carbocycles. The predicted molar refractivity (Wildman–Crippen MR) is 62.5 cm³/mol. The Morgan fingerprint density at radius 2 is 2.25 bits per heavy atom. The number of nitrogens with one attached hydrogen (secondary N) is 1. The number of methoxy groups -OCH3 is 1. The van der Waals surface area contributed by atoms with E-state index >= 15 is 0 Å². The molecule has 0 aliphatic heterocycles. The van der Waals surface area contributed by atoms with Gasteiger partial charge in [-0.25, -0.2) is 0 Å². The third kappa shape index (κ3) is 2.44. The molecule has 0 radical (unpaired) electrons. The number of ether oxygens (including phenoxy) is 1. The maximum atomic E-state index is 9.97. The topological polar surface area (TPSA) is 45.2 Å². The summed E-state index contributed by atoms with van der Waals surface area (Å²) in [4.78, 5) is 2.93. The summed E-state index contributed by atoms with van der Waals surface area (Å²) in [5.41, 5.74) is 1.97. The third-order valence-electron chi connectivity index (χ3n) is 2.57. The van der Waals surface area contributed by atoms with E-state index in [1.54, 1.807) is 7.11 Å². The van der Waals surface area contributed by atoms with Crippen LogP contribution in [-0.2, 0) is 6.42 Å². The molecule has 0 amide bonds. The average molecular weight is 217 g/mol. The van der Waals surface area contributed by atoms with Gasteiger partial charge in [0.05, 0.1) is 13.2 Å². The highest BCUT2D eigenvalue weighted by atomic mass is 16.5. The van der Waals surface area contributed by atoms with Crippen molar-refractivity contribution >= 4 is 0 Å². The fourth-order valence-corrected chi connectivity index (χ4v) is 1.68. The van der Waals surface area contributed by atoms with Crippen LogP contribution in [0.2, 0.25) is 0 Å². The van der Waals surface area contributed by atoms with Gasteiger partial charge in [-0.15, -0.1) is 0 Å². The Balaban J connectivity index is 2.08. The Kier molecular flexibility index (Phi) is 3.27. The van der Waals surface area contributed by atoms with Crippen LogP contribution in [0.1, 0.15) is 17.2 Å². The molecule has 84 valence electrons. The fourth-order valence-electron chi connectivity index (χ4n) is 1.68. The van der Waals surface area contributed by atoms with Crippen LogP contribution in [0.3, 0.4) is 0 Å². The van der Waals surface area contributed by atoms with Crippen molar-refractivity contribution in [3.63, 3.8) is 0 Å². The summed E-state index contributed by atoms with van der Waals surface area (Å²) in [7, 11) is 1.64. The number of H-pyrrole nitrogens is 1. The van der Waals surface area contributed by atoms with Gasteiger partial charge in [0.2, 0.25) is 0 Å². The second kappa shape index (κ2) is 4.86. The maximum Gasteiger partial charge on any atom is 0.119 e. The van der Waals surface area contributed by atoms with Crippen LogP contribution >= 0.6 is 0 Å². The Bertz CT molecular complexity index is 437. The lowest BCUT2D eigenvalue weighted by Crippen LogP contribution is -2.00. The van der Waals surface area contributed by atoms with Crippen molar-refractivity contribution in [2.24, 2.45) is 0 Å². The van der Waals surface area contributed by atoms with E-state index in [4.69, 9.17) is 4.74 Å². The van der Waals surface area contributed by atoms with E-state index in [1.807, 2.05) is 42.7 Å². The zero-order chi connectivity index (χ0) is 11.4. The minimum Gasteiger partial charge on any atom is -0.497 e. The molecule has 2 rings (SSSR count). The van der Waals surface area contributed by atoms with E-state index in [9.17, 15) is 5.11 Å². The minimum absolute atomic E-state index is 0.474. The van der Waals surface area contributed by atoms with Gasteiger partial charge in [0.1, 0.15) is 5.75 Å². The summed E-state index contributed by atoms with van der Waals surface area (Å²) >= 11 is 0. The lowest BCUT2D eigenvalue weighted by molar-refractivity contribution is 0.178. The number of aliphatic hydroxyl groups excluding tert-OH is 1. The van der Waals surface area contributed by atoms with E-state index in [-0.39, 0.29) is 0 Å². The second-order valence-corrected chi connectivity index (χ2v) is 3.72. The van der Waals surface area contributed by atoms with E-state index < -0.39 is 6.10 Å². The first kappa shape index (κ1) is 10.8. The zero-order valence-electron chi connectivity index (χ0n) is 9.18. The van der Waals surface area contributed by atoms with Gasteiger partial charge in [-0.2, -0.15) is 0 Å². The maximum absolute atomic E-state index is 9.97. The first-order valence-electron chi connectivity index (χ1n) is 5.23. The largest absolute Gasteiger partial charge is 0.497 e. The Labute approximate surface area is 94.7 Å². The summed E-state index contributed by atoms with van der Waals surface area (Å²) in [6.07, 6.45) is 3.74. The number of aromatic nitrogens is 1. The van der Waals surface area contributed by atoms with Gasteiger partial charge >= 0.3 is 0 Å². The smallest absolute Gasteiger partial charge is 0.119 e. The van der Waals surface area contributed by atoms with Crippen LogP contribution < -0.4 is 4.74 Å². The van der Waals surface area contributed by atoms with E-state index in [1.165, 1.54) is 0 Å². The third-order valence-corrected chi connectivity index (χ3v) is 2.57. The highest BCUT2D eigenvalue weighted by molar-refractivity contribution is 5.29. The van der Waals surface area contributed by atoms with Crippen molar-refractivity contribution in [1.82, 2.24) is 4.98 Å². The molecule has 0 aliphatic rings. The molecule has 0 bridgehead atoms. The first-order valence-corrected chi connectivity index (χ1v) is 5.23. The average Bonchev–Trinajstić information content (AvgIpc) is 2.83. The molecule has 1 aromatic heterocycles. The van der Waals surface area contributed by atoms with E-state index in [0.717, 1.165) is 16.9 Å². The Morgan fingerprint density at radius 1 is 1.38 bits per heavy atom. The Morgan fingerprint density at radius 3 is 2.94 bits per heavy atom. The lowest BCUT2D eigenvalue weighted by atomic mass is 10.0. The van der Waals surface area contributed by atoms with Gasteiger partial charge in [-0.3, -0.25) is 0 Å². The molecule has 0 spiro atoms. The molecule has 2 N–H and O–H groups in total. The highest BCUT2D eigenvalue weighted by Gasteiger charge is 2.09. The predicted octanol–water partition coefficient (Wildman–Crippen LogP) is 2.30. The number of rotatable bonds is 4. The number of hydrogen-bond donors (Lipinski definition) is 2. The van der Waals surface area contributed by atoms with Crippen molar-refractivity contribution in [2.75, 3.05) is 7.11 Å². The molecule has 1 atom stereocenters. The number of hydrogen-bond acceptors (Lipinski definition) is 2. The van der Waals surface area contributed by atoms with Gasteiger partial charge in [0, 0.05) is 18.8 Å². The molecule has 0 saturated carbocycles. The van der Waals surface area contributed by atoms with Crippen LogP contribution in [0.5, 0.6) is 5.75 Å². The summed E-state index contributed by atoms with van der Waals surface area (Å²) in [5.74, 6) is 0.818. The standard InChI is InChI=1S/C13H15NO2/c1-16-12-4-2-3-10(7-12)8-13(15)11-5-6-14-9-11/h2-7,9,13-15H,8H2,1H3. The lowest BCUT2D eigenvalue weighted by Gasteiger charge is -2.09. The van der Waals surface area contributed by atoms with Crippen molar-refractivity contribution in [3.8, 4) is 5.75 Å². The number of benzene rings is 1. The molecule has 3 heteroatoms. The molecule has 1 heterocycles. The van der Waals surface area contributed by atoms with Crippen molar-refractivity contribution < 1.29 is 9.84 Å². The van der Waals surface area contributed by atoms with Crippen LogP contribution in [0.15, 0.2) is 42.7 Å². The molecule has 1 unspecified atom stereocenters. The van der Waals surface area contributed by atoms with Gasteiger partial charge < -0.3 is 14.8 Å².